The lowest BCUT2D eigenvalue weighted by Crippen LogP contribution is -2.35. The first-order valence-electron chi connectivity index (χ1n) is 6.50. The van der Waals surface area contributed by atoms with Gasteiger partial charge in [-0.2, -0.15) is 0 Å². The van der Waals surface area contributed by atoms with Crippen LogP contribution in [0.15, 0.2) is 29.3 Å². The van der Waals surface area contributed by atoms with Crippen LogP contribution in [0.5, 0.6) is 0 Å². The maximum absolute atomic E-state index is 5.91. The highest BCUT2D eigenvalue weighted by atomic mass is 127. The minimum absolute atomic E-state index is 0. The second kappa shape index (κ2) is 8.38. The minimum Gasteiger partial charge on any atom is -0.370 e. The highest BCUT2D eigenvalue weighted by Crippen LogP contribution is 2.21. The number of hydrogen-bond donors (Lipinski definition) is 2. The summed E-state index contributed by atoms with van der Waals surface area (Å²) in [5.74, 6) is 3.10. The molecule has 108 valence electrons. The number of nitrogens with zero attached hydrogens (tertiary/aromatic N) is 1. The standard InChI is InChI=1S/C15H18ClN3.HI/c1-2-14(11-7-9-12(16)10-8-11)19-15(17)18-13-5-3-4-6-13;/h1,7-10,13-14H,3-6H2,(H3,17,18,19);1H. The van der Waals surface area contributed by atoms with Gasteiger partial charge >= 0.3 is 0 Å². The molecule has 2 rings (SSSR count). The van der Waals surface area contributed by atoms with Crippen LogP contribution in [0.3, 0.4) is 0 Å². The molecule has 1 atom stereocenters. The third kappa shape index (κ3) is 4.88. The quantitative estimate of drug-likeness (QED) is 0.351. The number of nitrogens with one attached hydrogen (secondary N) is 1. The van der Waals surface area contributed by atoms with Crippen LogP contribution in [0.4, 0.5) is 0 Å². The molecular weight excluding hydrogens is 385 g/mol. The second-order valence-corrected chi connectivity index (χ2v) is 5.18. The van der Waals surface area contributed by atoms with Gasteiger partial charge in [0.1, 0.15) is 6.04 Å². The first-order chi connectivity index (χ1) is 9.19. The van der Waals surface area contributed by atoms with E-state index in [1.807, 2.05) is 24.3 Å². The number of aliphatic imine (C=N–C) groups is 1. The van der Waals surface area contributed by atoms with Crippen LogP contribution >= 0.6 is 35.6 Å². The van der Waals surface area contributed by atoms with Gasteiger partial charge in [-0.25, -0.2) is 0 Å². The molecule has 3 nitrogen and oxygen atoms in total. The van der Waals surface area contributed by atoms with E-state index < -0.39 is 0 Å². The van der Waals surface area contributed by atoms with Crippen molar-refractivity contribution in [1.29, 1.82) is 0 Å². The largest absolute Gasteiger partial charge is 0.370 e. The smallest absolute Gasteiger partial charge is 0.190 e. The first kappa shape index (κ1) is 17.1. The molecule has 1 unspecified atom stereocenters. The fourth-order valence-electron chi connectivity index (χ4n) is 2.29. The van der Waals surface area contributed by atoms with Gasteiger partial charge in [0.2, 0.25) is 0 Å². The Balaban J connectivity index is 0.00000200. The summed E-state index contributed by atoms with van der Waals surface area (Å²) in [6, 6.07) is 7.48. The van der Waals surface area contributed by atoms with Crippen LogP contribution < -0.4 is 11.1 Å². The van der Waals surface area contributed by atoms with Gasteiger partial charge in [-0.3, -0.25) is 4.99 Å². The summed E-state index contributed by atoms with van der Waals surface area (Å²) in [6.07, 6.45) is 10.2. The van der Waals surface area contributed by atoms with Gasteiger partial charge in [0.15, 0.2) is 5.96 Å². The predicted molar refractivity (Wildman–Crippen MR) is 95.5 cm³/mol. The van der Waals surface area contributed by atoms with Gasteiger partial charge < -0.3 is 11.1 Å². The summed E-state index contributed by atoms with van der Waals surface area (Å²) in [5.41, 5.74) is 6.87. The van der Waals surface area contributed by atoms with Crippen molar-refractivity contribution in [3.8, 4) is 12.3 Å². The van der Waals surface area contributed by atoms with E-state index in [0.717, 1.165) is 18.4 Å². The molecule has 1 aliphatic rings. The molecule has 1 aromatic rings. The van der Waals surface area contributed by atoms with Crippen molar-refractivity contribution >= 4 is 41.5 Å². The number of hydrogen-bond acceptors (Lipinski definition) is 1. The SMILES string of the molecule is C#CC(NC(N)=NC1CCCC1)c1ccc(Cl)cc1.I. The summed E-state index contributed by atoms with van der Waals surface area (Å²) < 4.78 is 0. The fourth-order valence-corrected chi connectivity index (χ4v) is 2.42. The molecule has 3 N–H and O–H groups in total. The molecule has 1 aromatic carbocycles. The molecule has 1 saturated carbocycles. The van der Waals surface area contributed by atoms with Gasteiger partial charge in [-0.05, 0) is 30.5 Å². The minimum atomic E-state index is -0.276. The van der Waals surface area contributed by atoms with Gasteiger partial charge in [-0.15, -0.1) is 30.4 Å². The Morgan fingerprint density at radius 1 is 1.35 bits per heavy atom. The Hall–Kier alpha value is -0.930. The van der Waals surface area contributed by atoms with Gasteiger partial charge in [0.05, 0.1) is 6.04 Å². The third-order valence-electron chi connectivity index (χ3n) is 3.31. The van der Waals surface area contributed by atoms with E-state index in [9.17, 15) is 0 Å². The zero-order valence-electron chi connectivity index (χ0n) is 11.2. The van der Waals surface area contributed by atoms with Crippen LogP contribution in [-0.4, -0.2) is 12.0 Å². The Labute approximate surface area is 142 Å². The third-order valence-corrected chi connectivity index (χ3v) is 3.56. The summed E-state index contributed by atoms with van der Waals surface area (Å²) in [6.45, 7) is 0. The monoisotopic (exact) mass is 403 g/mol. The Morgan fingerprint density at radius 2 is 1.95 bits per heavy atom. The normalized spacial score (nSPS) is 17.1. The van der Waals surface area contributed by atoms with Crippen molar-refractivity contribution in [2.75, 3.05) is 0 Å². The number of rotatable bonds is 3. The number of benzene rings is 1. The Kier molecular flexibility index (Phi) is 7.17. The molecule has 0 bridgehead atoms. The van der Waals surface area contributed by atoms with Gasteiger partial charge in [0, 0.05) is 5.02 Å². The van der Waals surface area contributed by atoms with Crippen molar-refractivity contribution in [3.05, 3.63) is 34.9 Å². The van der Waals surface area contributed by atoms with Crippen LogP contribution in [-0.2, 0) is 0 Å². The lowest BCUT2D eigenvalue weighted by Gasteiger charge is -2.15. The molecule has 0 heterocycles. The number of guanidine groups is 1. The van der Waals surface area contributed by atoms with Crippen LogP contribution in [0, 0.1) is 12.3 Å². The van der Waals surface area contributed by atoms with E-state index in [1.165, 1.54) is 12.8 Å². The lowest BCUT2D eigenvalue weighted by atomic mass is 10.1. The molecule has 0 radical (unpaired) electrons. The molecule has 0 aliphatic heterocycles. The van der Waals surface area contributed by atoms with Crippen LogP contribution in [0.1, 0.15) is 37.3 Å². The average Bonchev–Trinajstić information content (AvgIpc) is 2.90. The maximum Gasteiger partial charge on any atom is 0.190 e. The predicted octanol–water partition coefficient (Wildman–Crippen LogP) is 3.48. The van der Waals surface area contributed by atoms with E-state index in [1.54, 1.807) is 0 Å². The van der Waals surface area contributed by atoms with E-state index in [2.05, 4.69) is 16.2 Å². The summed E-state index contributed by atoms with van der Waals surface area (Å²) in [7, 11) is 0. The summed E-state index contributed by atoms with van der Waals surface area (Å²) >= 11 is 5.86. The van der Waals surface area contributed by atoms with Crippen molar-refractivity contribution < 1.29 is 0 Å². The van der Waals surface area contributed by atoms with Gasteiger partial charge in [0.25, 0.3) is 0 Å². The fraction of sp³-hybridized carbons (Fsp3) is 0.400. The van der Waals surface area contributed by atoms with E-state index in [-0.39, 0.29) is 30.0 Å². The van der Waals surface area contributed by atoms with Crippen LogP contribution in [0.2, 0.25) is 5.02 Å². The first-order valence-corrected chi connectivity index (χ1v) is 6.88. The van der Waals surface area contributed by atoms with Crippen LogP contribution in [0.25, 0.3) is 0 Å². The molecular formula is C15H19ClIN3. The zero-order valence-corrected chi connectivity index (χ0v) is 14.3. The topological polar surface area (TPSA) is 50.4 Å². The van der Waals surface area contributed by atoms with Crippen molar-refractivity contribution in [1.82, 2.24) is 5.32 Å². The molecule has 0 saturated heterocycles. The van der Waals surface area contributed by atoms with Crippen molar-refractivity contribution in [2.45, 2.75) is 37.8 Å². The highest BCUT2D eigenvalue weighted by Gasteiger charge is 2.15. The lowest BCUT2D eigenvalue weighted by molar-refractivity contribution is 0.690. The van der Waals surface area contributed by atoms with Crippen molar-refractivity contribution in [2.24, 2.45) is 10.7 Å². The number of terminal acetylenes is 1. The molecule has 0 amide bonds. The summed E-state index contributed by atoms with van der Waals surface area (Å²) in [5, 5.41) is 3.77. The van der Waals surface area contributed by atoms with Crippen molar-refractivity contribution in [3.63, 3.8) is 0 Å². The summed E-state index contributed by atoms with van der Waals surface area (Å²) in [4.78, 5) is 4.47. The molecule has 5 heteroatoms. The van der Waals surface area contributed by atoms with E-state index in [4.69, 9.17) is 23.8 Å². The number of halogens is 2. The average molecular weight is 404 g/mol. The maximum atomic E-state index is 5.91. The number of nitrogens with two attached hydrogens (primary N) is 1. The van der Waals surface area contributed by atoms with Gasteiger partial charge in [-0.1, -0.05) is 42.5 Å². The molecule has 0 aromatic heterocycles. The molecule has 1 fully saturated rings. The van der Waals surface area contributed by atoms with E-state index in [0.29, 0.717) is 17.0 Å². The highest BCUT2D eigenvalue weighted by molar-refractivity contribution is 14.0. The second-order valence-electron chi connectivity index (χ2n) is 4.75. The molecule has 1 aliphatic carbocycles. The zero-order chi connectivity index (χ0) is 13.7. The molecule has 0 spiro atoms. The Morgan fingerprint density at radius 3 is 2.50 bits per heavy atom. The van der Waals surface area contributed by atoms with E-state index >= 15 is 0 Å². The Bertz CT molecular complexity index is 487. The molecule has 20 heavy (non-hydrogen) atoms.